The Labute approximate surface area is 180 Å². The molecule has 0 fully saturated rings. The number of phenols is 1. The van der Waals surface area contributed by atoms with Gasteiger partial charge >= 0.3 is 0 Å². The zero-order valence-electron chi connectivity index (χ0n) is 18.2. The van der Waals surface area contributed by atoms with E-state index in [-0.39, 0.29) is 45.7 Å². The van der Waals surface area contributed by atoms with E-state index in [0.717, 1.165) is 19.3 Å². The van der Waals surface area contributed by atoms with Gasteiger partial charge in [0.1, 0.15) is 11.4 Å². The molecule has 1 amide bonds. The zero-order valence-corrected chi connectivity index (χ0v) is 18.2. The van der Waals surface area contributed by atoms with E-state index in [9.17, 15) is 19.5 Å². The van der Waals surface area contributed by atoms with Gasteiger partial charge in [0.2, 0.25) is 0 Å². The van der Waals surface area contributed by atoms with Gasteiger partial charge in [0, 0.05) is 14.1 Å². The van der Waals surface area contributed by atoms with Crippen LogP contribution in [0.3, 0.4) is 0 Å². The van der Waals surface area contributed by atoms with E-state index in [1.165, 1.54) is 22.1 Å². The molecular formula is C24H27N3O4. The van der Waals surface area contributed by atoms with Crippen LogP contribution >= 0.6 is 0 Å². The predicted octanol–water partition coefficient (Wildman–Crippen LogP) is 3.29. The highest BCUT2D eigenvalue weighted by molar-refractivity contribution is 5.99. The summed E-state index contributed by atoms with van der Waals surface area (Å²) in [5, 5.41) is 16.8. The highest BCUT2D eigenvalue weighted by Gasteiger charge is 2.39. The number of nitrogens with one attached hydrogen (secondary N) is 2. The fraction of sp³-hybridized carbons (Fsp3) is 0.375. The van der Waals surface area contributed by atoms with Gasteiger partial charge in [-0.15, -0.1) is 0 Å². The first-order valence-corrected chi connectivity index (χ1v) is 10.4. The lowest BCUT2D eigenvalue weighted by molar-refractivity contribution is 0.0824. The molecule has 0 radical (unpaired) electrons. The van der Waals surface area contributed by atoms with E-state index < -0.39 is 10.9 Å². The van der Waals surface area contributed by atoms with E-state index in [0.29, 0.717) is 0 Å². The number of anilines is 3. The van der Waals surface area contributed by atoms with Crippen LogP contribution in [0.25, 0.3) is 0 Å². The van der Waals surface area contributed by atoms with Gasteiger partial charge in [0.15, 0.2) is 5.75 Å². The Balaban J connectivity index is 1.66. The lowest BCUT2D eigenvalue weighted by atomic mass is 9.70. The third-order valence-electron chi connectivity index (χ3n) is 6.36. The maximum absolute atomic E-state index is 12.4. The smallest absolute Gasteiger partial charge is 0.257 e. The molecule has 0 heterocycles. The SMILES string of the molecule is CN(C)C(=O)c1cccc(Nc2c(NC3C4=C(CC=C4)CCC3(C)C)c(=O)c2=O)c1O. The van der Waals surface area contributed by atoms with Crippen molar-refractivity contribution in [3.05, 3.63) is 67.5 Å². The molecule has 0 spiro atoms. The minimum absolute atomic E-state index is 0.0888. The summed E-state index contributed by atoms with van der Waals surface area (Å²) in [7, 11) is 3.18. The van der Waals surface area contributed by atoms with Gasteiger partial charge in [0.25, 0.3) is 16.8 Å². The highest BCUT2D eigenvalue weighted by Crippen LogP contribution is 2.44. The molecule has 0 aliphatic heterocycles. The predicted molar refractivity (Wildman–Crippen MR) is 122 cm³/mol. The number of phenolic OH excluding ortho intramolecular Hbond substituents is 1. The molecule has 2 aromatic carbocycles. The minimum atomic E-state index is -0.643. The highest BCUT2D eigenvalue weighted by atomic mass is 16.3. The van der Waals surface area contributed by atoms with E-state index in [1.807, 2.05) is 0 Å². The van der Waals surface area contributed by atoms with E-state index >= 15 is 0 Å². The molecular weight excluding hydrogens is 394 g/mol. The summed E-state index contributed by atoms with van der Waals surface area (Å²) in [6.07, 6.45) is 7.19. The monoisotopic (exact) mass is 421 g/mol. The average molecular weight is 421 g/mol. The normalized spacial score (nSPS) is 19.4. The second kappa shape index (κ2) is 7.41. The van der Waals surface area contributed by atoms with Crippen LogP contribution in [0.15, 0.2) is 51.1 Å². The molecule has 0 bridgehead atoms. The first kappa shape index (κ1) is 20.9. The molecule has 3 N–H and O–H groups in total. The molecule has 0 aromatic heterocycles. The number of aromatic hydroxyl groups is 1. The van der Waals surface area contributed by atoms with Gasteiger partial charge in [-0.1, -0.05) is 37.6 Å². The van der Waals surface area contributed by atoms with Gasteiger partial charge < -0.3 is 20.6 Å². The summed E-state index contributed by atoms with van der Waals surface area (Å²) in [4.78, 5) is 38.4. The van der Waals surface area contributed by atoms with Crippen molar-refractivity contribution in [1.29, 1.82) is 0 Å². The van der Waals surface area contributed by atoms with Gasteiger partial charge in [-0.3, -0.25) is 14.4 Å². The van der Waals surface area contributed by atoms with Crippen molar-refractivity contribution in [3.63, 3.8) is 0 Å². The standard InChI is InChI=1S/C24H27N3O4/c1-24(2)12-11-13-7-5-8-14(13)22(24)26-18-17(20(29)21(18)30)25-16-10-6-9-15(19(16)28)23(31)27(3)4/h5-6,8-10,22,25-26,28H,7,11-12H2,1-4H3. The Morgan fingerprint density at radius 3 is 2.58 bits per heavy atom. The second-order valence-electron chi connectivity index (χ2n) is 9.17. The molecule has 2 aliphatic carbocycles. The number of amides is 1. The number of allylic oxidation sites excluding steroid dienone is 2. The van der Waals surface area contributed by atoms with Gasteiger partial charge in [-0.25, -0.2) is 0 Å². The number of rotatable bonds is 5. The topological polar surface area (TPSA) is 98.7 Å². The number of para-hydroxylation sites is 1. The van der Waals surface area contributed by atoms with Gasteiger partial charge in [-0.05, 0) is 42.4 Å². The van der Waals surface area contributed by atoms with Crippen molar-refractivity contribution in [3.8, 4) is 5.75 Å². The van der Waals surface area contributed by atoms with Crippen LogP contribution in [-0.4, -0.2) is 36.1 Å². The van der Waals surface area contributed by atoms with Crippen molar-refractivity contribution < 1.29 is 9.90 Å². The summed E-state index contributed by atoms with van der Waals surface area (Å²) >= 11 is 0. The lowest BCUT2D eigenvalue weighted by Gasteiger charge is -2.41. The zero-order chi connectivity index (χ0) is 22.5. The van der Waals surface area contributed by atoms with Crippen LogP contribution in [0.1, 0.15) is 43.5 Å². The van der Waals surface area contributed by atoms with Crippen LogP contribution in [0.4, 0.5) is 17.1 Å². The number of carbonyl (C=O) groups excluding carboxylic acids is 1. The van der Waals surface area contributed by atoms with Crippen LogP contribution < -0.4 is 21.5 Å². The summed E-state index contributed by atoms with van der Waals surface area (Å²) in [5.41, 5.74) is 1.90. The van der Waals surface area contributed by atoms with Crippen molar-refractivity contribution >= 4 is 23.0 Å². The number of hydrogen-bond donors (Lipinski definition) is 3. The van der Waals surface area contributed by atoms with Crippen molar-refractivity contribution in [2.75, 3.05) is 24.7 Å². The number of nitrogens with zero attached hydrogens (tertiary/aromatic N) is 1. The molecule has 7 nitrogen and oxygen atoms in total. The number of carbonyl (C=O) groups is 1. The Hall–Kier alpha value is -3.35. The average Bonchev–Trinajstić information content (AvgIpc) is 3.20. The van der Waals surface area contributed by atoms with Crippen molar-refractivity contribution in [1.82, 2.24) is 4.90 Å². The molecule has 2 aliphatic rings. The largest absolute Gasteiger partial charge is 0.505 e. The quantitative estimate of drug-likeness (QED) is 0.506. The summed E-state index contributed by atoms with van der Waals surface area (Å²) in [6.45, 7) is 4.31. The molecule has 0 saturated carbocycles. The molecule has 1 unspecified atom stereocenters. The number of benzene rings is 1. The Morgan fingerprint density at radius 1 is 1.16 bits per heavy atom. The molecule has 31 heavy (non-hydrogen) atoms. The number of hydrogen-bond acceptors (Lipinski definition) is 6. The first-order chi connectivity index (χ1) is 14.6. The van der Waals surface area contributed by atoms with Gasteiger partial charge in [0.05, 0.1) is 17.3 Å². The molecule has 2 aromatic rings. The summed E-state index contributed by atoms with van der Waals surface area (Å²) in [6, 6.07) is 4.60. The summed E-state index contributed by atoms with van der Waals surface area (Å²) in [5.74, 6) is -0.622. The Bertz CT molecular complexity index is 1200. The molecule has 0 saturated heterocycles. The van der Waals surface area contributed by atoms with E-state index in [2.05, 4.69) is 36.6 Å². The first-order valence-electron chi connectivity index (χ1n) is 10.4. The third kappa shape index (κ3) is 3.44. The van der Waals surface area contributed by atoms with Crippen LogP contribution in [0, 0.1) is 5.41 Å². The Morgan fingerprint density at radius 2 is 1.87 bits per heavy atom. The molecule has 1 atom stereocenters. The fourth-order valence-corrected chi connectivity index (χ4v) is 4.41. The minimum Gasteiger partial charge on any atom is -0.505 e. The van der Waals surface area contributed by atoms with Crippen LogP contribution in [-0.2, 0) is 0 Å². The lowest BCUT2D eigenvalue weighted by Crippen LogP contribution is -2.45. The Kier molecular flexibility index (Phi) is 5.00. The maximum atomic E-state index is 12.4. The molecule has 7 heteroatoms. The second-order valence-corrected chi connectivity index (χ2v) is 9.17. The van der Waals surface area contributed by atoms with Crippen LogP contribution in [0.5, 0.6) is 5.75 Å². The van der Waals surface area contributed by atoms with Gasteiger partial charge in [-0.2, -0.15) is 0 Å². The van der Waals surface area contributed by atoms with E-state index in [1.54, 1.807) is 26.2 Å². The third-order valence-corrected chi connectivity index (χ3v) is 6.36. The van der Waals surface area contributed by atoms with Crippen molar-refractivity contribution in [2.45, 2.75) is 39.2 Å². The fourth-order valence-electron chi connectivity index (χ4n) is 4.41. The van der Waals surface area contributed by atoms with Crippen molar-refractivity contribution in [2.24, 2.45) is 5.41 Å². The van der Waals surface area contributed by atoms with E-state index in [4.69, 9.17) is 0 Å². The summed E-state index contributed by atoms with van der Waals surface area (Å²) < 4.78 is 0. The molecule has 4 rings (SSSR count). The molecule has 162 valence electrons. The maximum Gasteiger partial charge on any atom is 0.257 e. The van der Waals surface area contributed by atoms with Crippen LogP contribution in [0.2, 0.25) is 0 Å².